The van der Waals surface area contributed by atoms with Gasteiger partial charge in [-0.15, -0.1) is 0 Å². The van der Waals surface area contributed by atoms with E-state index < -0.39 is 36.5 Å². The van der Waals surface area contributed by atoms with E-state index in [0.29, 0.717) is 12.8 Å². The van der Waals surface area contributed by atoms with E-state index in [0.717, 1.165) is 18.9 Å². The summed E-state index contributed by atoms with van der Waals surface area (Å²) < 4.78 is 48.5. The number of carboxylic acids is 1. The number of H-pyrrole nitrogens is 1. The molecule has 1 aromatic heterocycles. The first kappa shape index (κ1) is 15.9. The molecule has 1 heterocycles. The van der Waals surface area contributed by atoms with Crippen molar-refractivity contribution in [1.82, 2.24) is 14.7 Å². The van der Waals surface area contributed by atoms with Crippen LogP contribution in [0.3, 0.4) is 0 Å². The Labute approximate surface area is 121 Å². The van der Waals surface area contributed by atoms with E-state index >= 15 is 0 Å². The monoisotopic (exact) mass is 337 g/mol. The zero-order valence-corrected chi connectivity index (χ0v) is 12.8. The quantitative estimate of drug-likeness (QED) is 0.628. The minimum atomic E-state index is -4.06. The standard InChI is InChI=1S/C10H15N3O6S2/c1-20(16,17)6-21(18,19)13-10(3-2-4-10)9-11-5-7(12-9)8(14)15/h5,13H,2-4,6H2,1H3,(H,11,12)(H,14,15). The van der Waals surface area contributed by atoms with Crippen LogP contribution in [0.5, 0.6) is 0 Å². The summed E-state index contributed by atoms with van der Waals surface area (Å²) in [6.45, 7) is 0. The number of aromatic nitrogens is 2. The topological polar surface area (TPSA) is 146 Å². The van der Waals surface area contributed by atoms with Gasteiger partial charge in [-0.25, -0.2) is 31.3 Å². The predicted molar refractivity (Wildman–Crippen MR) is 72.8 cm³/mol. The van der Waals surface area contributed by atoms with E-state index in [1.54, 1.807) is 0 Å². The van der Waals surface area contributed by atoms with Gasteiger partial charge in [0.15, 0.2) is 14.9 Å². The number of nitrogens with one attached hydrogen (secondary N) is 2. The molecule has 0 bridgehead atoms. The highest BCUT2D eigenvalue weighted by Crippen LogP contribution is 2.40. The van der Waals surface area contributed by atoms with Crippen LogP contribution in [-0.4, -0.2) is 49.2 Å². The van der Waals surface area contributed by atoms with E-state index in [-0.39, 0.29) is 11.5 Å². The SMILES string of the molecule is CS(=O)(=O)CS(=O)(=O)NC1(c2ncc(C(=O)O)[nH]2)CCC1. The molecule has 1 aliphatic rings. The maximum atomic E-state index is 11.9. The average Bonchev–Trinajstić information content (AvgIpc) is 2.69. The average molecular weight is 337 g/mol. The fourth-order valence-corrected chi connectivity index (χ4v) is 5.59. The van der Waals surface area contributed by atoms with Gasteiger partial charge in [0, 0.05) is 6.26 Å². The normalized spacial score (nSPS) is 18.1. The van der Waals surface area contributed by atoms with Crippen molar-refractivity contribution in [2.45, 2.75) is 24.8 Å². The number of sulfone groups is 1. The van der Waals surface area contributed by atoms with Crippen molar-refractivity contribution in [2.75, 3.05) is 11.3 Å². The molecule has 0 radical (unpaired) electrons. The van der Waals surface area contributed by atoms with E-state index in [9.17, 15) is 21.6 Å². The Morgan fingerprint density at radius 2 is 2.05 bits per heavy atom. The zero-order chi connectivity index (χ0) is 15.9. The first-order valence-electron chi connectivity index (χ1n) is 6.01. The van der Waals surface area contributed by atoms with Crippen LogP contribution in [0.15, 0.2) is 6.20 Å². The van der Waals surface area contributed by atoms with Crippen molar-refractivity contribution >= 4 is 25.8 Å². The summed E-state index contributed by atoms with van der Waals surface area (Å²) in [5.41, 5.74) is -1.21. The number of imidazole rings is 1. The Bertz CT molecular complexity index is 760. The lowest BCUT2D eigenvalue weighted by Gasteiger charge is -2.40. The minimum absolute atomic E-state index is 0.154. The molecule has 11 heteroatoms. The molecule has 1 saturated carbocycles. The Morgan fingerprint density at radius 1 is 1.43 bits per heavy atom. The van der Waals surface area contributed by atoms with Crippen molar-refractivity contribution in [3.8, 4) is 0 Å². The molecule has 0 spiro atoms. The largest absolute Gasteiger partial charge is 0.477 e. The lowest BCUT2D eigenvalue weighted by atomic mass is 9.77. The van der Waals surface area contributed by atoms with Gasteiger partial charge in [-0.3, -0.25) is 0 Å². The molecule has 0 aliphatic heterocycles. The number of rotatable bonds is 6. The van der Waals surface area contributed by atoms with E-state index in [1.165, 1.54) is 0 Å². The molecule has 0 aromatic carbocycles. The molecule has 21 heavy (non-hydrogen) atoms. The lowest BCUT2D eigenvalue weighted by molar-refractivity contribution is 0.0690. The number of carboxylic acid groups (broad SMARTS) is 1. The summed E-state index contributed by atoms with van der Waals surface area (Å²) in [6, 6.07) is 0. The van der Waals surface area contributed by atoms with Gasteiger partial charge in [0.1, 0.15) is 11.5 Å². The van der Waals surface area contributed by atoms with Gasteiger partial charge < -0.3 is 10.1 Å². The minimum Gasteiger partial charge on any atom is -0.477 e. The second-order valence-corrected chi connectivity index (χ2v) is 9.37. The maximum absolute atomic E-state index is 11.9. The number of aromatic amines is 1. The molecule has 1 aliphatic carbocycles. The van der Waals surface area contributed by atoms with Crippen LogP contribution >= 0.6 is 0 Å². The van der Waals surface area contributed by atoms with Crippen LogP contribution in [0.1, 0.15) is 35.6 Å². The highest BCUT2D eigenvalue weighted by Gasteiger charge is 2.45. The van der Waals surface area contributed by atoms with Crippen LogP contribution in [0.2, 0.25) is 0 Å². The van der Waals surface area contributed by atoms with Crippen LogP contribution in [0.4, 0.5) is 0 Å². The van der Waals surface area contributed by atoms with Gasteiger partial charge in [-0.2, -0.15) is 0 Å². The predicted octanol–water partition coefficient (Wildman–Crippen LogP) is -0.591. The number of aromatic carboxylic acids is 1. The summed E-state index contributed by atoms with van der Waals surface area (Å²) in [5, 5.41) is 7.83. The van der Waals surface area contributed by atoms with Crippen LogP contribution < -0.4 is 4.72 Å². The van der Waals surface area contributed by atoms with Gasteiger partial charge in [0.2, 0.25) is 10.0 Å². The number of hydrogen-bond donors (Lipinski definition) is 3. The van der Waals surface area contributed by atoms with Gasteiger partial charge >= 0.3 is 5.97 Å². The molecule has 1 fully saturated rings. The summed E-state index contributed by atoms with van der Waals surface area (Å²) in [6.07, 6.45) is 3.49. The van der Waals surface area contributed by atoms with Gasteiger partial charge in [-0.05, 0) is 19.3 Å². The molecule has 0 saturated heterocycles. The summed E-state index contributed by atoms with van der Waals surface area (Å²) in [7, 11) is -7.77. The van der Waals surface area contributed by atoms with Crippen molar-refractivity contribution in [1.29, 1.82) is 0 Å². The molecule has 9 nitrogen and oxygen atoms in total. The molecular formula is C10H15N3O6S2. The molecule has 2 rings (SSSR count). The maximum Gasteiger partial charge on any atom is 0.353 e. The fourth-order valence-electron chi connectivity index (χ4n) is 2.20. The number of nitrogens with zero attached hydrogens (tertiary/aromatic N) is 1. The molecule has 0 amide bonds. The zero-order valence-electron chi connectivity index (χ0n) is 11.2. The third-order valence-electron chi connectivity index (χ3n) is 3.19. The summed E-state index contributed by atoms with van der Waals surface area (Å²) in [4.78, 5) is 17.3. The summed E-state index contributed by atoms with van der Waals surface area (Å²) in [5.74, 6) is -1.02. The number of hydrogen-bond acceptors (Lipinski definition) is 6. The van der Waals surface area contributed by atoms with Gasteiger partial charge in [0.25, 0.3) is 0 Å². The van der Waals surface area contributed by atoms with Crippen LogP contribution in [-0.2, 0) is 25.4 Å². The van der Waals surface area contributed by atoms with E-state index in [1.807, 2.05) is 0 Å². The molecule has 0 unspecified atom stereocenters. The lowest BCUT2D eigenvalue weighted by Crippen LogP contribution is -2.52. The first-order valence-corrected chi connectivity index (χ1v) is 9.72. The third-order valence-corrected chi connectivity index (χ3v) is 6.84. The van der Waals surface area contributed by atoms with Crippen molar-refractivity contribution in [2.24, 2.45) is 0 Å². The summed E-state index contributed by atoms with van der Waals surface area (Å²) >= 11 is 0. The fraction of sp³-hybridized carbons (Fsp3) is 0.600. The Morgan fingerprint density at radius 3 is 2.43 bits per heavy atom. The number of sulfonamides is 1. The molecular weight excluding hydrogens is 322 g/mol. The Balaban J connectivity index is 2.28. The van der Waals surface area contributed by atoms with Crippen LogP contribution in [0, 0.1) is 0 Å². The van der Waals surface area contributed by atoms with Gasteiger partial charge in [-0.1, -0.05) is 0 Å². The van der Waals surface area contributed by atoms with Crippen molar-refractivity contribution in [3.05, 3.63) is 17.7 Å². The van der Waals surface area contributed by atoms with Crippen LogP contribution in [0.25, 0.3) is 0 Å². The second kappa shape index (κ2) is 5.07. The molecule has 1 aromatic rings. The van der Waals surface area contributed by atoms with Crippen molar-refractivity contribution < 1.29 is 26.7 Å². The number of carbonyl (C=O) groups is 1. The highest BCUT2D eigenvalue weighted by atomic mass is 32.3. The molecule has 118 valence electrons. The van der Waals surface area contributed by atoms with Crippen molar-refractivity contribution in [3.63, 3.8) is 0 Å². The molecule has 0 atom stereocenters. The van der Waals surface area contributed by atoms with E-state index in [2.05, 4.69) is 14.7 Å². The Kier molecular flexibility index (Phi) is 3.84. The van der Waals surface area contributed by atoms with E-state index in [4.69, 9.17) is 5.11 Å². The molecule has 3 N–H and O–H groups in total. The third kappa shape index (κ3) is 3.60. The highest BCUT2D eigenvalue weighted by molar-refractivity contribution is 8.06. The smallest absolute Gasteiger partial charge is 0.353 e. The Hall–Kier alpha value is -1.46. The first-order chi connectivity index (χ1) is 9.53. The second-order valence-electron chi connectivity index (χ2n) is 5.15. The van der Waals surface area contributed by atoms with Gasteiger partial charge in [0.05, 0.1) is 11.7 Å².